The first-order chi connectivity index (χ1) is 13.1. The fourth-order valence-electron chi connectivity index (χ4n) is 2.80. The summed E-state index contributed by atoms with van der Waals surface area (Å²) in [6.45, 7) is 0. The lowest BCUT2D eigenvalue weighted by Crippen LogP contribution is -2.43. The third-order valence-corrected chi connectivity index (χ3v) is 4.25. The Kier molecular flexibility index (Phi) is 5.66. The van der Waals surface area contributed by atoms with Crippen LogP contribution in [0.5, 0.6) is 5.88 Å². The largest absolute Gasteiger partial charge is 0.481 e. The molecule has 6 heteroatoms. The molecule has 1 N–H and O–H groups in total. The number of hydrogen-bond acceptors (Lipinski definition) is 5. The summed E-state index contributed by atoms with van der Waals surface area (Å²) in [7, 11) is 2.83. The van der Waals surface area contributed by atoms with Crippen LogP contribution in [0.25, 0.3) is 10.8 Å². The second-order valence-electron chi connectivity index (χ2n) is 6.02. The van der Waals surface area contributed by atoms with Crippen LogP contribution in [-0.4, -0.2) is 37.1 Å². The summed E-state index contributed by atoms with van der Waals surface area (Å²) >= 11 is 0. The average Bonchev–Trinajstić information content (AvgIpc) is 2.72. The number of amides is 1. The van der Waals surface area contributed by atoms with Crippen LogP contribution in [-0.2, 0) is 16.0 Å². The number of pyridine rings is 1. The van der Waals surface area contributed by atoms with Crippen LogP contribution in [0.1, 0.15) is 15.9 Å². The molecular formula is C21H20N2O4. The van der Waals surface area contributed by atoms with Crippen molar-refractivity contribution in [1.29, 1.82) is 0 Å². The highest BCUT2D eigenvalue weighted by Crippen LogP contribution is 2.16. The van der Waals surface area contributed by atoms with E-state index in [9.17, 15) is 9.59 Å². The summed E-state index contributed by atoms with van der Waals surface area (Å²) in [5.74, 6) is -0.369. The summed E-state index contributed by atoms with van der Waals surface area (Å²) in [6, 6.07) is 15.9. The molecule has 6 nitrogen and oxygen atoms in total. The number of aromatic nitrogens is 1. The molecule has 0 radical (unpaired) electrons. The molecule has 0 fully saturated rings. The Morgan fingerprint density at radius 2 is 1.81 bits per heavy atom. The summed E-state index contributed by atoms with van der Waals surface area (Å²) in [5.41, 5.74) is 1.26. The van der Waals surface area contributed by atoms with Crippen LogP contribution in [0.15, 0.2) is 60.8 Å². The number of fused-ring (bicyclic) bond motifs is 1. The topological polar surface area (TPSA) is 77.5 Å². The van der Waals surface area contributed by atoms with E-state index in [-0.39, 0.29) is 12.3 Å². The van der Waals surface area contributed by atoms with Gasteiger partial charge in [0.05, 0.1) is 14.2 Å². The number of methoxy groups -OCH3 is 2. The molecule has 1 amide bonds. The minimum Gasteiger partial charge on any atom is -0.481 e. The lowest BCUT2D eigenvalue weighted by Gasteiger charge is -2.17. The number of nitrogens with zero attached hydrogens (tertiary/aromatic N) is 1. The Balaban J connectivity index is 1.77. The number of carbonyl (C=O) groups excluding carboxylic acids is 2. The molecule has 27 heavy (non-hydrogen) atoms. The normalized spacial score (nSPS) is 11.6. The quantitative estimate of drug-likeness (QED) is 0.681. The van der Waals surface area contributed by atoms with Gasteiger partial charge in [-0.2, -0.15) is 0 Å². The highest BCUT2D eigenvalue weighted by atomic mass is 16.5. The van der Waals surface area contributed by atoms with Crippen LogP contribution in [0.3, 0.4) is 0 Å². The van der Waals surface area contributed by atoms with Gasteiger partial charge in [-0.15, -0.1) is 0 Å². The van der Waals surface area contributed by atoms with Crippen LogP contribution in [0.2, 0.25) is 0 Å². The number of hydrogen-bond donors (Lipinski definition) is 1. The monoisotopic (exact) mass is 364 g/mol. The maximum Gasteiger partial charge on any atom is 0.328 e. The molecule has 138 valence electrons. The van der Waals surface area contributed by atoms with Gasteiger partial charge in [-0.25, -0.2) is 9.78 Å². The third-order valence-electron chi connectivity index (χ3n) is 4.25. The minimum atomic E-state index is -0.816. The minimum absolute atomic E-state index is 0.267. The van der Waals surface area contributed by atoms with Crippen molar-refractivity contribution in [3.8, 4) is 5.88 Å². The SMILES string of the molecule is COC(=O)[C@@H](Cc1ccc(OC)nc1)NC(=O)c1ccc2ccccc2c1. The van der Waals surface area contributed by atoms with Crippen molar-refractivity contribution in [2.24, 2.45) is 0 Å². The molecule has 0 aliphatic heterocycles. The van der Waals surface area contributed by atoms with Gasteiger partial charge in [0.1, 0.15) is 6.04 Å². The zero-order valence-corrected chi connectivity index (χ0v) is 15.1. The Morgan fingerprint density at radius 3 is 2.48 bits per heavy atom. The first-order valence-corrected chi connectivity index (χ1v) is 8.47. The van der Waals surface area contributed by atoms with Crippen molar-refractivity contribution in [1.82, 2.24) is 10.3 Å². The smallest absolute Gasteiger partial charge is 0.328 e. The fourth-order valence-corrected chi connectivity index (χ4v) is 2.80. The molecule has 0 aliphatic carbocycles. The lowest BCUT2D eigenvalue weighted by molar-refractivity contribution is -0.142. The van der Waals surface area contributed by atoms with E-state index in [1.807, 2.05) is 30.3 Å². The van der Waals surface area contributed by atoms with Gasteiger partial charge in [0.15, 0.2) is 0 Å². The number of nitrogens with one attached hydrogen (secondary N) is 1. The van der Waals surface area contributed by atoms with Crippen molar-refractivity contribution in [3.63, 3.8) is 0 Å². The maximum absolute atomic E-state index is 12.7. The molecule has 1 aromatic heterocycles. The molecule has 0 bridgehead atoms. The molecule has 0 unspecified atom stereocenters. The Hall–Kier alpha value is -3.41. The van der Waals surface area contributed by atoms with Gasteiger partial charge < -0.3 is 14.8 Å². The van der Waals surface area contributed by atoms with Gasteiger partial charge in [0.25, 0.3) is 5.91 Å². The summed E-state index contributed by atoms with van der Waals surface area (Å²) in [6.07, 6.45) is 1.87. The highest BCUT2D eigenvalue weighted by molar-refractivity contribution is 6.00. The molecule has 0 aliphatic rings. The predicted octanol–water partition coefficient (Wildman–Crippen LogP) is 2.76. The van der Waals surface area contributed by atoms with E-state index in [1.165, 1.54) is 14.2 Å². The third kappa shape index (κ3) is 4.41. The zero-order chi connectivity index (χ0) is 19.2. The van der Waals surface area contributed by atoms with Crippen LogP contribution >= 0.6 is 0 Å². The highest BCUT2D eigenvalue weighted by Gasteiger charge is 2.23. The standard InChI is InChI=1S/C21H20N2O4/c1-26-19-10-7-14(13-22-19)11-18(21(25)27-2)23-20(24)17-9-8-15-5-3-4-6-16(15)12-17/h3-10,12-13,18H,11H2,1-2H3,(H,23,24)/t18-/m1/s1. The number of benzene rings is 2. The average molecular weight is 364 g/mol. The van der Waals surface area contributed by atoms with Crippen LogP contribution < -0.4 is 10.1 Å². The fraction of sp³-hybridized carbons (Fsp3) is 0.190. The van der Waals surface area contributed by atoms with Gasteiger partial charge in [-0.1, -0.05) is 36.4 Å². The van der Waals surface area contributed by atoms with Gasteiger partial charge in [0, 0.05) is 24.2 Å². The molecule has 0 spiro atoms. The van der Waals surface area contributed by atoms with Crippen molar-refractivity contribution < 1.29 is 19.1 Å². The molecule has 0 saturated heterocycles. The molecule has 3 aromatic rings. The van der Waals surface area contributed by atoms with Crippen LogP contribution in [0.4, 0.5) is 0 Å². The second kappa shape index (κ2) is 8.31. The maximum atomic E-state index is 12.7. The molecule has 2 aromatic carbocycles. The van der Waals surface area contributed by atoms with Crippen molar-refractivity contribution in [2.75, 3.05) is 14.2 Å². The number of ether oxygens (including phenoxy) is 2. The number of esters is 1. The van der Waals surface area contributed by atoms with E-state index in [0.717, 1.165) is 16.3 Å². The van der Waals surface area contributed by atoms with E-state index in [2.05, 4.69) is 10.3 Å². The summed E-state index contributed by atoms with van der Waals surface area (Å²) in [4.78, 5) is 28.9. The summed E-state index contributed by atoms with van der Waals surface area (Å²) in [5, 5.41) is 4.76. The molecule has 0 saturated carbocycles. The zero-order valence-electron chi connectivity index (χ0n) is 15.1. The second-order valence-corrected chi connectivity index (χ2v) is 6.02. The Morgan fingerprint density at radius 1 is 1.04 bits per heavy atom. The Labute approximate surface area is 157 Å². The first kappa shape index (κ1) is 18.4. The Bertz CT molecular complexity index is 954. The van der Waals surface area contributed by atoms with Crippen LogP contribution in [0, 0.1) is 0 Å². The lowest BCUT2D eigenvalue weighted by atomic mass is 10.0. The predicted molar refractivity (Wildman–Crippen MR) is 102 cm³/mol. The molecular weight excluding hydrogens is 344 g/mol. The van der Waals surface area contributed by atoms with E-state index < -0.39 is 12.0 Å². The summed E-state index contributed by atoms with van der Waals surface area (Å²) < 4.78 is 9.87. The van der Waals surface area contributed by atoms with Crippen molar-refractivity contribution in [2.45, 2.75) is 12.5 Å². The first-order valence-electron chi connectivity index (χ1n) is 8.47. The van der Waals surface area contributed by atoms with Crippen molar-refractivity contribution >= 4 is 22.6 Å². The van der Waals surface area contributed by atoms with Gasteiger partial charge >= 0.3 is 5.97 Å². The van der Waals surface area contributed by atoms with E-state index in [4.69, 9.17) is 9.47 Å². The number of carbonyl (C=O) groups is 2. The molecule has 3 rings (SSSR count). The number of rotatable bonds is 6. The molecule has 1 atom stereocenters. The van der Waals surface area contributed by atoms with E-state index in [1.54, 1.807) is 30.5 Å². The van der Waals surface area contributed by atoms with Crippen molar-refractivity contribution in [3.05, 3.63) is 71.9 Å². The van der Waals surface area contributed by atoms with E-state index >= 15 is 0 Å². The molecule has 1 heterocycles. The van der Waals surface area contributed by atoms with Gasteiger partial charge in [-0.3, -0.25) is 4.79 Å². The van der Waals surface area contributed by atoms with E-state index in [0.29, 0.717) is 11.4 Å². The van der Waals surface area contributed by atoms with Gasteiger partial charge in [-0.05, 0) is 28.5 Å². The van der Waals surface area contributed by atoms with Gasteiger partial charge in [0.2, 0.25) is 5.88 Å².